The summed E-state index contributed by atoms with van der Waals surface area (Å²) in [5.74, 6) is 0.125. The first-order valence-corrected chi connectivity index (χ1v) is 10.6. The summed E-state index contributed by atoms with van der Waals surface area (Å²) >= 11 is 0. The molecule has 0 radical (unpaired) electrons. The maximum absolute atomic E-state index is 13.2. The Kier molecular flexibility index (Phi) is 4.97. The fraction of sp³-hybridized carbons (Fsp3) is 0.250. The van der Waals surface area contributed by atoms with Crippen molar-refractivity contribution in [2.45, 2.75) is 18.8 Å². The van der Waals surface area contributed by atoms with Gasteiger partial charge >= 0.3 is 11.3 Å². The first-order valence-electron chi connectivity index (χ1n) is 10.6. The zero-order valence-electron chi connectivity index (χ0n) is 17.6. The zero-order chi connectivity index (χ0) is 22.2. The molecule has 1 atom stereocenters. The highest BCUT2D eigenvalue weighted by molar-refractivity contribution is 5.96. The summed E-state index contributed by atoms with van der Waals surface area (Å²) in [7, 11) is 1.62. The van der Waals surface area contributed by atoms with E-state index in [0.29, 0.717) is 29.9 Å². The monoisotopic (exact) mass is 430 g/mol. The Morgan fingerprint density at radius 2 is 1.81 bits per heavy atom. The second kappa shape index (κ2) is 7.96. The van der Waals surface area contributed by atoms with Gasteiger partial charge in [0.25, 0.3) is 5.91 Å². The summed E-state index contributed by atoms with van der Waals surface area (Å²) < 4.78 is 8.27. The van der Waals surface area contributed by atoms with Gasteiger partial charge in [0.15, 0.2) is 0 Å². The largest absolute Gasteiger partial charge is 0.422 e. The minimum Gasteiger partial charge on any atom is -0.422 e. The number of amides is 1. The predicted octanol–water partition coefficient (Wildman–Crippen LogP) is 2.70. The lowest BCUT2D eigenvalue weighted by atomic mass is 9.96. The SMILES string of the molecule is Cn1nc([C@H]2CCCN(C(=O)c3cc4ccccc4oc3=O)C2)n(-c2ccccc2)c1=O. The van der Waals surface area contributed by atoms with E-state index in [0.717, 1.165) is 18.5 Å². The number of rotatable bonds is 3. The lowest BCUT2D eigenvalue weighted by molar-refractivity contribution is 0.0699. The number of fused-ring (bicyclic) bond motifs is 1. The summed E-state index contributed by atoms with van der Waals surface area (Å²) in [6.45, 7) is 0.901. The van der Waals surface area contributed by atoms with E-state index < -0.39 is 5.63 Å². The summed E-state index contributed by atoms with van der Waals surface area (Å²) in [6.07, 6.45) is 1.54. The number of aryl methyl sites for hydroxylation is 1. The molecular formula is C24H22N4O4. The molecule has 1 saturated heterocycles. The van der Waals surface area contributed by atoms with Crippen molar-refractivity contribution in [2.75, 3.05) is 13.1 Å². The predicted molar refractivity (Wildman–Crippen MR) is 119 cm³/mol. The minimum absolute atomic E-state index is 0.0193. The third kappa shape index (κ3) is 3.43. The molecule has 2 aromatic carbocycles. The molecule has 162 valence electrons. The van der Waals surface area contributed by atoms with Crippen LogP contribution < -0.4 is 11.3 Å². The number of hydrogen-bond donors (Lipinski definition) is 0. The van der Waals surface area contributed by atoms with Crippen LogP contribution in [0.25, 0.3) is 16.7 Å². The molecule has 0 bridgehead atoms. The molecule has 0 unspecified atom stereocenters. The molecule has 32 heavy (non-hydrogen) atoms. The van der Waals surface area contributed by atoms with E-state index in [1.165, 1.54) is 4.68 Å². The molecule has 1 aliphatic rings. The van der Waals surface area contributed by atoms with Gasteiger partial charge in [0, 0.05) is 31.4 Å². The maximum atomic E-state index is 13.2. The Morgan fingerprint density at radius 3 is 2.62 bits per heavy atom. The number of likely N-dealkylation sites (tertiary alicyclic amines) is 1. The Balaban J connectivity index is 1.48. The van der Waals surface area contributed by atoms with E-state index in [9.17, 15) is 14.4 Å². The second-order valence-electron chi connectivity index (χ2n) is 8.01. The minimum atomic E-state index is -0.644. The number of benzene rings is 2. The second-order valence-corrected chi connectivity index (χ2v) is 8.01. The first-order chi connectivity index (χ1) is 15.5. The van der Waals surface area contributed by atoms with Crippen LogP contribution in [0, 0.1) is 0 Å². The van der Waals surface area contributed by atoms with Crippen LogP contribution in [0.15, 0.2) is 74.7 Å². The van der Waals surface area contributed by atoms with Crippen molar-refractivity contribution in [3.8, 4) is 5.69 Å². The maximum Gasteiger partial charge on any atom is 0.350 e. The summed E-state index contributed by atoms with van der Waals surface area (Å²) in [5, 5.41) is 5.18. The molecular weight excluding hydrogens is 408 g/mol. The molecule has 0 aliphatic carbocycles. The molecule has 1 aliphatic heterocycles. The Bertz CT molecular complexity index is 1420. The number of carbonyl (C=O) groups excluding carboxylic acids is 1. The molecule has 3 heterocycles. The first kappa shape index (κ1) is 20.0. The lowest BCUT2D eigenvalue weighted by Crippen LogP contribution is -2.41. The highest BCUT2D eigenvalue weighted by Gasteiger charge is 2.31. The van der Waals surface area contributed by atoms with Crippen molar-refractivity contribution in [3.63, 3.8) is 0 Å². The quantitative estimate of drug-likeness (QED) is 0.466. The van der Waals surface area contributed by atoms with Crippen LogP contribution in [0.5, 0.6) is 0 Å². The van der Waals surface area contributed by atoms with Crippen molar-refractivity contribution in [2.24, 2.45) is 7.05 Å². The van der Waals surface area contributed by atoms with Crippen LogP contribution in [0.4, 0.5) is 0 Å². The normalized spacial score (nSPS) is 16.4. The van der Waals surface area contributed by atoms with Crippen molar-refractivity contribution in [1.82, 2.24) is 19.2 Å². The van der Waals surface area contributed by atoms with E-state index in [1.54, 1.807) is 40.8 Å². The van der Waals surface area contributed by atoms with Gasteiger partial charge in [0.05, 0.1) is 5.69 Å². The average Bonchev–Trinajstić information content (AvgIpc) is 3.13. The van der Waals surface area contributed by atoms with E-state index in [-0.39, 0.29) is 23.1 Å². The summed E-state index contributed by atoms with van der Waals surface area (Å²) in [6, 6.07) is 18.1. The standard InChI is InChI=1S/C24H22N4O4/c1-26-24(31)28(18-10-3-2-4-11-18)21(25-26)17-9-7-13-27(15-17)22(29)19-14-16-8-5-6-12-20(16)32-23(19)30/h2-6,8,10-12,14,17H,7,9,13,15H2,1H3/t17-/m0/s1. The smallest absolute Gasteiger partial charge is 0.350 e. The average molecular weight is 430 g/mol. The topological polar surface area (TPSA) is 90.3 Å². The molecule has 8 heteroatoms. The van der Waals surface area contributed by atoms with Crippen molar-refractivity contribution in [1.29, 1.82) is 0 Å². The highest BCUT2D eigenvalue weighted by atomic mass is 16.4. The van der Waals surface area contributed by atoms with Gasteiger partial charge in [-0.2, -0.15) is 5.10 Å². The lowest BCUT2D eigenvalue weighted by Gasteiger charge is -2.32. The number of carbonyl (C=O) groups is 1. The number of piperidine rings is 1. The number of hydrogen-bond acceptors (Lipinski definition) is 5. The molecule has 0 saturated carbocycles. The van der Waals surface area contributed by atoms with Gasteiger partial charge in [0.1, 0.15) is 17.0 Å². The fourth-order valence-corrected chi connectivity index (χ4v) is 4.32. The Morgan fingerprint density at radius 1 is 1.06 bits per heavy atom. The Hall–Kier alpha value is -3.94. The van der Waals surface area contributed by atoms with Crippen molar-refractivity contribution < 1.29 is 9.21 Å². The highest BCUT2D eigenvalue weighted by Crippen LogP contribution is 2.27. The molecule has 0 N–H and O–H groups in total. The van der Waals surface area contributed by atoms with Gasteiger partial charge in [-0.15, -0.1) is 0 Å². The van der Waals surface area contributed by atoms with Crippen LogP contribution in [0.2, 0.25) is 0 Å². The number of para-hydroxylation sites is 2. The summed E-state index contributed by atoms with van der Waals surface area (Å²) in [4.78, 5) is 40.1. The van der Waals surface area contributed by atoms with E-state index in [1.807, 2.05) is 36.4 Å². The van der Waals surface area contributed by atoms with E-state index in [4.69, 9.17) is 4.42 Å². The van der Waals surface area contributed by atoms with E-state index >= 15 is 0 Å². The molecule has 2 aromatic heterocycles. The molecule has 4 aromatic rings. The van der Waals surface area contributed by atoms with Gasteiger partial charge < -0.3 is 9.32 Å². The van der Waals surface area contributed by atoms with Crippen LogP contribution in [-0.4, -0.2) is 38.2 Å². The van der Waals surface area contributed by atoms with Crippen LogP contribution in [0.3, 0.4) is 0 Å². The number of aromatic nitrogens is 3. The van der Waals surface area contributed by atoms with Gasteiger partial charge in [-0.25, -0.2) is 18.8 Å². The molecule has 1 amide bonds. The number of nitrogens with zero attached hydrogens (tertiary/aromatic N) is 4. The third-order valence-corrected chi connectivity index (χ3v) is 5.91. The van der Waals surface area contributed by atoms with Crippen molar-refractivity contribution in [3.05, 3.63) is 93.0 Å². The molecule has 8 nitrogen and oxygen atoms in total. The molecule has 0 spiro atoms. The van der Waals surface area contributed by atoms with Gasteiger partial charge in [-0.1, -0.05) is 36.4 Å². The van der Waals surface area contributed by atoms with Crippen LogP contribution in [0.1, 0.15) is 34.9 Å². The van der Waals surface area contributed by atoms with Crippen molar-refractivity contribution >= 4 is 16.9 Å². The molecule has 5 rings (SSSR count). The molecule has 1 fully saturated rings. The Labute approximate surface area is 183 Å². The van der Waals surface area contributed by atoms with Gasteiger partial charge in [0.2, 0.25) is 0 Å². The fourth-order valence-electron chi connectivity index (χ4n) is 4.32. The summed E-state index contributed by atoms with van der Waals surface area (Å²) in [5.41, 5.74) is 0.329. The zero-order valence-corrected chi connectivity index (χ0v) is 17.6. The van der Waals surface area contributed by atoms with E-state index in [2.05, 4.69) is 5.10 Å². The van der Waals surface area contributed by atoms with Crippen LogP contribution >= 0.6 is 0 Å². The van der Waals surface area contributed by atoms with Gasteiger partial charge in [-0.05, 0) is 37.1 Å². The third-order valence-electron chi connectivity index (χ3n) is 5.91. The van der Waals surface area contributed by atoms with Crippen LogP contribution in [-0.2, 0) is 7.05 Å². The van der Waals surface area contributed by atoms with Gasteiger partial charge in [-0.3, -0.25) is 4.79 Å².